The van der Waals surface area contributed by atoms with E-state index in [4.69, 9.17) is 22.6 Å². The Kier molecular flexibility index (Phi) is 8.66. The maximum absolute atomic E-state index is 12.0. The van der Waals surface area contributed by atoms with Crippen molar-refractivity contribution in [3.8, 4) is 39.9 Å². The molecule has 0 unspecified atom stereocenters. The van der Waals surface area contributed by atoms with Crippen molar-refractivity contribution >= 4 is 36.2 Å². The molecular formula is C20H25BrO9S2. The summed E-state index contributed by atoms with van der Waals surface area (Å²) in [6.45, 7) is 2.37. The van der Waals surface area contributed by atoms with E-state index >= 15 is 0 Å². The standard InChI is InChI=1S/C20H25BrO9S2/c1-6-7-10-28-15-9-8-13(11-16(15)29-31(4,22)23)18-17(26-2)12-14(21)19(27-3)20(18)30-32(5,24)25/h8-9,11-12H,6-7,10H2,1-5H3. The minimum absolute atomic E-state index is 0.0599. The van der Waals surface area contributed by atoms with Crippen LogP contribution >= 0.6 is 15.9 Å². The van der Waals surface area contributed by atoms with Crippen molar-refractivity contribution < 1.29 is 39.4 Å². The first-order valence-electron chi connectivity index (χ1n) is 9.40. The van der Waals surface area contributed by atoms with Gasteiger partial charge in [0.2, 0.25) is 0 Å². The number of halogens is 1. The maximum atomic E-state index is 12.0. The molecule has 0 bridgehead atoms. The zero-order valence-electron chi connectivity index (χ0n) is 18.3. The first-order chi connectivity index (χ1) is 14.9. The fourth-order valence-electron chi connectivity index (χ4n) is 2.78. The zero-order chi connectivity index (χ0) is 24.1. The molecular weight excluding hydrogens is 528 g/mol. The molecule has 12 heteroatoms. The Morgan fingerprint density at radius 2 is 1.50 bits per heavy atom. The Morgan fingerprint density at radius 1 is 0.844 bits per heavy atom. The van der Waals surface area contributed by atoms with Crippen LogP contribution < -0.4 is 22.6 Å². The Morgan fingerprint density at radius 3 is 2.03 bits per heavy atom. The monoisotopic (exact) mass is 552 g/mol. The second-order valence-corrected chi connectivity index (χ2v) is 10.7. The smallest absolute Gasteiger partial charge is 0.306 e. The van der Waals surface area contributed by atoms with Gasteiger partial charge in [0.15, 0.2) is 23.0 Å². The van der Waals surface area contributed by atoms with E-state index in [9.17, 15) is 16.8 Å². The van der Waals surface area contributed by atoms with Gasteiger partial charge in [-0.05, 0) is 46.1 Å². The molecule has 0 amide bonds. The summed E-state index contributed by atoms with van der Waals surface area (Å²) in [7, 11) is -5.07. The topological polar surface area (TPSA) is 114 Å². The summed E-state index contributed by atoms with van der Waals surface area (Å²) in [6.07, 6.45) is 3.47. The molecule has 0 radical (unpaired) electrons. The van der Waals surface area contributed by atoms with E-state index in [1.807, 2.05) is 6.92 Å². The third-order valence-electron chi connectivity index (χ3n) is 4.04. The van der Waals surface area contributed by atoms with Gasteiger partial charge in [-0.1, -0.05) is 19.4 Å². The van der Waals surface area contributed by atoms with E-state index in [-0.39, 0.29) is 34.3 Å². The fraction of sp³-hybridized carbons (Fsp3) is 0.400. The van der Waals surface area contributed by atoms with Gasteiger partial charge < -0.3 is 22.6 Å². The fourth-order valence-corrected chi connectivity index (χ4v) is 4.25. The second kappa shape index (κ2) is 10.6. The lowest BCUT2D eigenvalue weighted by atomic mass is 10.0. The molecule has 0 saturated heterocycles. The molecule has 2 aromatic rings. The van der Waals surface area contributed by atoms with Gasteiger partial charge in [0, 0.05) is 0 Å². The number of hydrogen-bond donors (Lipinski definition) is 0. The summed E-state index contributed by atoms with van der Waals surface area (Å²) in [5.41, 5.74) is 0.573. The second-order valence-electron chi connectivity index (χ2n) is 6.74. The maximum Gasteiger partial charge on any atom is 0.306 e. The summed E-state index contributed by atoms with van der Waals surface area (Å²) in [5, 5.41) is 0. The minimum atomic E-state index is -3.95. The molecule has 0 heterocycles. The molecule has 0 aliphatic carbocycles. The number of hydrogen-bond acceptors (Lipinski definition) is 9. The van der Waals surface area contributed by atoms with Crippen LogP contribution in [-0.2, 0) is 20.2 Å². The van der Waals surface area contributed by atoms with Crippen LogP contribution in [0.1, 0.15) is 19.8 Å². The Bertz CT molecular complexity index is 1180. The lowest BCUT2D eigenvalue weighted by molar-refractivity contribution is 0.300. The lowest BCUT2D eigenvalue weighted by Crippen LogP contribution is -2.10. The van der Waals surface area contributed by atoms with Crippen LogP contribution in [0, 0.1) is 0 Å². The van der Waals surface area contributed by atoms with Crippen LogP contribution in [0.3, 0.4) is 0 Å². The highest BCUT2D eigenvalue weighted by Crippen LogP contribution is 2.50. The predicted octanol–water partition coefficient (Wildman–Crippen LogP) is 3.99. The van der Waals surface area contributed by atoms with Gasteiger partial charge in [-0.15, -0.1) is 0 Å². The van der Waals surface area contributed by atoms with E-state index in [2.05, 4.69) is 15.9 Å². The van der Waals surface area contributed by atoms with Crippen LogP contribution in [0.25, 0.3) is 11.1 Å². The first kappa shape index (κ1) is 26.1. The first-order valence-corrected chi connectivity index (χ1v) is 13.8. The van der Waals surface area contributed by atoms with E-state index in [1.165, 1.54) is 26.4 Å². The largest absolute Gasteiger partial charge is 0.496 e. The molecule has 0 spiro atoms. The van der Waals surface area contributed by atoms with Gasteiger partial charge >= 0.3 is 20.2 Å². The molecule has 0 saturated carbocycles. The number of unbranched alkanes of at least 4 members (excludes halogenated alkanes) is 1. The number of methoxy groups -OCH3 is 2. The summed E-state index contributed by atoms with van der Waals surface area (Å²) >= 11 is 3.31. The molecule has 32 heavy (non-hydrogen) atoms. The summed E-state index contributed by atoms with van der Waals surface area (Å²) < 4.78 is 74.8. The van der Waals surface area contributed by atoms with Gasteiger partial charge in [0.1, 0.15) is 5.75 Å². The minimum Gasteiger partial charge on any atom is -0.496 e. The molecule has 178 valence electrons. The van der Waals surface area contributed by atoms with E-state index < -0.39 is 20.2 Å². The van der Waals surface area contributed by atoms with Crippen LogP contribution in [0.2, 0.25) is 0 Å². The van der Waals surface area contributed by atoms with E-state index in [1.54, 1.807) is 12.1 Å². The molecule has 0 aliphatic rings. The van der Waals surface area contributed by atoms with Crippen molar-refractivity contribution in [1.29, 1.82) is 0 Å². The van der Waals surface area contributed by atoms with Gasteiger partial charge in [0.05, 0.1) is 43.4 Å². The SMILES string of the molecule is CCCCOc1ccc(-c2c(OC)cc(Br)c(OC)c2OS(C)(=O)=O)cc1OS(C)(=O)=O. The molecule has 0 N–H and O–H groups in total. The molecule has 0 aliphatic heterocycles. The van der Waals surface area contributed by atoms with Crippen molar-refractivity contribution in [2.75, 3.05) is 33.3 Å². The van der Waals surface area contributed by atoms with Gasteiger partial charge in [-0.2, -0.15) is 16.8 Å². The van der Waals surface area contributed by atoms with Crippen molar-refractivity contribution in [3.63, 3.8) is 0 Å². The average Bonchev–Trinajstić information content (AvgIpc) is 2.66. The molecule has 2 rings (SSSR count). The van der Waals surface area contributed by atoms with Gasteiger partial charge in [-0.3, -0.25) is 0 Å². The molecule has 9 nitrogen and oxygen atoms in total. The Hall–Kier alpha value is -2.18. The third-order valence-corrected chi connectivity index (χ3v) is 5.58. The normalized spacial score (nSPS) is 11.7. The summed E-state index contributed by atoms with van der Waals surface area (Å²) in [4.78, 5) is 0. The van der Waals surface area contributed by atoms with Crippen molar-refractivity contribution in [1.82, 2.24) is 0 Å². The van der Waals surface area contributed by atoms with E-state index in [0.29, 0.717) is 16.6 Å². The highest BCUT2D eigenvalue weighted by molar-refractivity contribution is 9.10. The third kappa shape index (κ3) is 6.91. The number of rotatable bonds is 11. The molecule has 0 atom stereocenters. The van der Waals surface area contributed by atoms with Gasteiger partial charge in [-0.25, -0.2) is 0 Å². The van der Waals surface area contributed by atoms with Crippen molar-refractivity contribution in [3.05, 3.63) is 28.7 Å². The molecule has 2 aromatic carbocycles. The van der Waals surface area contributed by atoms with E-state index in [0.717, 1.165) is 25.4 Å². The zero-order valence-corrected chi connectivity index (χ0v) is 21.5. The van der Waals surface area contributed by atoms with Crippen LogP contribution in [0.5, 0.6) is 28.7 Å². The van der Waals surface area contributed by atoms with Crippen molar-refractivity contribution in [2.24, 2.45) is 0 Å². The lowest BCUT2D eigenvalue weighted by Gasteiger charge is -2.19. The number of benzene rings is 2. The van der Waals surface area contributed by atoms with Crippen LogP contribution in [0.15, 0.2) is 28.7 Å². The van der Waals surface area contributed by atoms with Crippen LogP contribution in [-0.4, -0.2) is 50.2 Å². The highest BCUT2D eigenvalue weighted by Gasteiger charge is 2.26. The summed E-state index contributed by atoms with van der Waals surface area (Å²) in [5.74, 6) is 0.393. The number of ether oxygens (including phenoxy) is 3. The summed E-state index contributed by atoms with van der Waals surface area (Å²) in [6, 6.07) is 6.12. The quantitative estimate of drug-likeness (QED) is 0.301. The predicted molar refractivity (Wildman–Crippen MR) is 124 cm³/mol. The van der Waals surface area contributed by atoms with Gasteiger partial charge in [0.25, 0.3) is 0 Å². The van der Waals surface area contributed by atoms with Crippen LogP contribution in [0.4, 0.5) is 0 Å². The molecule has 0 fully saturated rings. The average molecular weight is 553 g/mol. The Balaban J connectivity index is 2.78. The van der Waals surface area contributed by atoms with Crippen molar-refractivity contribution in [2.45, 2.75) is 19.8 Å². The highest BCUT2D eigenvalue weighted by atomic mass is 79.9. The molecule has 0 aromatic heterocycles. The Labute approximate surface area is 197 Å².